The van der Waals surface area contributed by atoms with Crippen molar-refractivity contribution >= 4 is 40.9 Å². The lowest BCUT2D eigenvalue weighted by atomic mass is 9.68. The third kappa shape index (κ3) is 2.50. The highest BCUT2D eigenvalue weighted by atomic mass is 32.2. The fourth-order valence-electron chi connectivity index (χ4n) is 6.59. The molecule has 8 atom stereocenters. The molecule has 166 valence electrons. The average Bonchev–Trinajstić information content (AvgIpc) is 3.47. The van der Waals surface area contributed by atoms with E-state index in [1.165, 1.54) is 18.3 Å². The molecule has 2 amide bonds. The van der Waals surface area contributed by atoms with Crippen LogP contribution in [0.2, 0.25) is 0 Å². The Hall–Kier alpha value is -2.59. The summed E-state index contributed by atoms with van der Waals surface area (Å²) in [5, 5.41) is 20.1. The molecule has 4 aliphatic rings. The molecule has 32 heavy (non-hydrogen) atoms. The summed E-state index contributed by atoms with van der Waals surface area (Å²) in [6.07, 6.45) is 0.748. The molecular formula is C22H20N2O6S2. The van der Waals surface area contributed by atoms with Crippen molar-refractivity contribution in [3.63, 3.8) is 0 Å². The molecule has 6 rings (SSSR count). The highest BCUT2D eigenvalue weighted by Gasteiger charge is 2.70. The van der Waals surface area contributed by atoms with Gasteiger partial charge in [-0.05, 0) is 48.8 Å². The summed E-state index contributed by atoms with van der Waals surface area (Å²) in [6.45, 7) is 1.38. The van der Waals surface area contributed by atoms with Gasteiger partial charge in [-0.15, -0.1) is 11.8 Å². The Balaban J connectivity index is 1.45. The van der Waals surface area contributed by atoms with Gasteiger partial charge in [0, 0.05) is 16.0 Å². The quantitative estimate of drug-likeness (QED) is 0.584. The monoisotopic (exact) mass is 472 g/mol. The van der Waals surface area contributed by atoms with Crippen LogP contribution < -0.4 is 4.87 Å². The first-order chi connectivity index (χ1) is 15.3. The zero-order valence-corrected chi connectivity index (χ0v) is 18.6. The smallest absolute Gasteiger partial charge is 0.326 e. The van der Waals surface area contributed by atoms with E-state index in [0.29, 0.717) is 0 Å². The van der Waals surface area contributed by atoms with Gasteiger partial charge < -0.3 is 15.2 Å². The normalized spacial score (nSPS) is 35.5. The number of H-pyrrole nitrogens is 1. The summed E-state index contributed by atoms with van der Waals surface area (Å²) in [7, 11) is 0. The van der Waals surface area contributed by atoms with Crippen molar-refractivity contribution in [2.45, 2.75) is 35.6 Å². The van der Waals surface area contributed by atoms with Gasteiger partial charge in [-0.2, -0.15) is 0 Å². The predicted octanol–water partition coefficient (Wildman–Crippen LogP) is 2.09. The van der Waals surface area contributed by atoms with Crippen molar-refractivity contribution in [3.05, 3.63) is 44.4 Å². The van der Waals surface area contributed by atoms with Gasteiger partial charge >= 0.3 is 10.8 Å². The standard InChI is InChI=1S/C22H20N2O6S2/c1-7(21(28)29)24-19(26)14-10-6-11(15(14)20(24)27)16-13(10)12(8-2-4-9(25)5-3-8)17-18(31-16)23-22(30)32-17/h2-5,7,10-16,25H,6H2,1H3,(H,23,30)(H,28,29)/t7-,10+,11+,12+,13-,14+,15-,16+/m0/s1. The van der Waals surface area contributed by atoms with Crippen LogP contribution in [0.4, 0.5) is 0 Å². The van der Waals surface area contributed by atoms with Crippen LogP contribution in [0, 0.1) is 29.6 Å². The lowest BCUT2D eigenvalue weighted by Crippen LogP contribution is -2.44. The van der Waals surface area contributed by atoms with Crippen molar-refractivity contribution in [3.8, 4) is 5.75 Å². The number of phenolic OH excluding ortho intramolecular Hbond substituents is 1. The van der Waals surface area contributed by atoms with Gasteiger partial charge in [0.1, 0.15) is 11.8 Å². The van der Waals surface area contributed by atoms with Crippen molar-refractivity contribution in [1.82, 2.24) is 9.88 Å². The first kappa shape index (κ1) is 20.0. The summed E-state index contributed by atoms with van der Waals surface area (Å²) in [5.41, 5.74) is 0.964. The van der Waals surface area contributed by atoms with Crippen LogP contribution in [0.3, 0.4) is 0 Å². The maximum atomic E-state index is 13.3. The third-order valence-electron chi connectivity index (χ3n) is 7.75. The number of phenols is 1. The molecule has 2 aromatic rings. The van der Waals surface area contributed by atoms with Gasteiger partial charge in [-0.1, -0.05) is 23.5 Å². The van der Waals surface area contributed by atoms with Crippen molar-refractivity contribution in [1.29, 1.82) is 0 Å². The van der Waals surface area contributed by atoms with Gasteiger partial charge in [-0.25, -0.2) is 4.79 Å². The molecule has 0 radical (unpaired) electrons. The minimum Gasteiger partial charge on any atom is -0.508 e. The average molecular weight is 473 g/mol. The van der Waals surface area contributed by atoms with E-state index in [1.54, 1.807) is 23.9 Å². The number of rotatable bonds is 3. The van der Waals surface area contributed by atoms with Gasteiger partial charge in [-0.3, -0.25) is 19.3 Å². The summed E-state index contributed by atoms with van der Waals surface area (Å²) < 4.78 is 0. The molecular weight excluding hydrogens is 452 g/mol. The molecule has 2 saturated carbocycles. The molecule has 1 aromatic heterocycles. The molecule has 2 bridgehead atoms. The summed E-state index contributed by atoms with van der Waals surface area (Å²) >= 11 is 2.76. The van der Waals surface area contributed by atoms with Crippen LogP contribution in [0.25, 0.3) is 0 Å². The third-order valence-corrected chi connectivity index (χ3v) is 10.3. The van der Waals surface area contributed by atoms with Gasteiger partial charge in [0.2, 0.25) is 11.8 Å². The number of carbonyl (C=O) groups is 3. The zero-order valence-electron chi connectivity index (χ0n) is 16.9. The maximum Gasteiger partial charge on any atom is 0.326 e. The Bertz CT molecular complexity index is 1220. The summed E-state index contributed by atoms with van der Waals surface area (Å²) in [4.78, 5) is 54.9. The van der Waals surface area contributed by atoms with E-state index < -0.39 is 23.8 Å². The van der Waals surface area contributed by atoms with E-state index in [4.69, 9.17) is 0 Å². The van der Waals surface area contributed by atoms with Crippen LogP contribution in [0.5, 0.6) is 5.75 Å². The lowest BCUT2D eigenvalue weighted by Gasteiger charge is -2.43. The highest BCUT2D eigenvalue weighted by molar-refractivity contribution is 8.00. The number of aromatic amines is 1. The van der Waals surface area contributed by atoms with Crippen molar-refractivity contribution in [2.75, 3.05) is 0 Å². The molecule has 3 heterocycles. The minimum atomic E-state index is -1.19. The van der Waals surface area contributed by atoms with Gasteiger partial charge in [0.25, 0.3) is 0 Å². The number of likely N-dealkylation sites (tertiary alicyclic amines) is 1. The molecule has 0 unspecified atom stereocenters. The number of carboxylic acid groups (broad SMARTS) is 1. The molecule has 3 fully saturated rings. The lowest BCUT2D eigenvalue weighted by molar-refractivity contribution is -0.154. The molecule has 2 aliphatic heterocycles. The first-order valence-electron chi connectivity index (χ1n) is 10.6. The predicted molar refractivity (Wildman–Crippen MR) is 116 cm³/mol. The van der Waals surface area contributed by atoms with Crippen LogP contribution >= 0.6 is 23.1 Å². The number of benzene rings is 1. The molecule has 2 aliphatic carbocycles. The van der Waals surface area contributed by atoms with Crippen molar-refractivity contribution < 1.29 is 24.6 Å². The van der Waals surface area contributed by atoms with Gasteiger partial charge in [0.05, 0.1) is 16.9 Å². The van der Waals surface area contributed by atoms with Crippen LogP contribution in [0.1, 0.15) is 29.7 Å². The molecule has 0 spiro atoms. The zero-order chi connectivity index (χ0) is 22.5. The second-order valence-corrected chi connectivity index (χ2v) is 11.3. The Kier molecular flexibility index (Phi) is 4.20. The second-order valence-electron chi connectivity index (χ2n) is 9.11. The number of carboxylic acids is 1. The number of hydrogen-bond donors (Lipinski definition) is 3. The van der Waals surface area contributed by atoms with Crippen LogP contribution in [-0.2, 0) is 14.4 Å². The van der Waals surface area contributed by atoms with E-state index in [0.717, 1.165) is 26.8 Å². The fourth-order valence-corrected chi connectivity index (χ4v) is 9.48. The number of amides is 2. The Labute approximate surface area is 190 Å². The number of carbonyl (C=O) groups excluding carboxylic acids is 2. The number of nitrogens with one attached hydrogen (secondary N) is 1. The molecule has 1 aromatic carbocycles. The van der Waals surface area contributed by atoms with Crippen LogP contribution in [-0.4, -0.2) is 49.2 Å². The number of aliphatic carboxylic acids is 1. The number of thiazole rings is 1. The Morgan fingerprint density at radius 2 is 1.78 bits per heavy atom. The first-order valence-corrected chi connectivity index (χ1v) is 12.3. The second kappa shape index (κ2) is 6.71. The molecule has 10 heteroatoms. The number of hydrogen-bond acceptors (Lipinski definition) is 7. The van der Waals surface area contributed by atoms with E-state index in [-0.39, 0.29) is 51.4 Å². The number of nitrogens with zero attached hydrogens (tertiary/aromatic N) is 1. The topological polar surface area (TPSA) is 128 Å². The summed E-state index contributed by atoms with van der Waals surface area (Å²) in [6, 6.07) is 5.77. The Morgan fingerprint density at radius 3 is 2.44 bits per heavy atom. The van der Waals surface area contributed by atoms with Crippen molar-refractivity contribution in [2.24, 2.45) is 29.6 Å². The number of aromatic hydroxyl groups is 1. The highest BCUT2D eigenvalue weighted by Crippen LogP contribution is 2.68. The van der Waals surface area contributed by atoms with Crippen LogP contribution in [0.15, 0.2) is 34.1 Å². The van der Waals surface area contributed by atoms with E-state index in [2.05, 4.69) is 4.98 Å². The van der Waals surface area contributed by atoms with E-state index >= 15 is 0 Å². The SMILES string of the molecule is C[C@@H](C(=O)O)N1C(=O)[C@@H]2[C@@H]3C[C@@H]([C@H]4Sc5[nH]c(=O)sc5[C@H](c5ccc(O)cc5)[C@H]34)[C@@H]2C1=O. The minimum absolute atomic E-state index is 0.0430. The molecule has 3 N–H and O–H groups in total. The molecule has 8 nitrogen and oxygen atoms in total. The molecule has 1 saturated heterocycles. The van der Waals surface area contributed by atoms with E-state index in [1.807, 2.05) is 12.1 Å². The number of imide groups is 1. The van der Waals surface area contributed by atoms with E-state index in [9.17, 15) is 29.4 Å². The number of thioether (sulfide) groups is 1. The number of aromatic nitrogens is 1. The van der Waals surface area contributed by atoms with Gasteiger partial charge in [0.15, 0.2) is 0 Å². The largest absolute Gasteiger partial charge is 0.508 e. The fraction of sp³-hybridized carbons (Fsp3) is 0.455. The maximum absolute atomic E-state index is 13.3. The Morgan fingerprint density at radius 1 is 1.12 bits per heavy atom. The number of fused-ring (bicyclic) bond motifs is 9. The summed E-state index contributed by atoms with van der Waals surface area (Å²) in [5.74, 6) is -2.95.